The van der Waals surface area contributed by atoms with Crippen LogP contribution in [0.4, 0.5) is 13.2 Å². The molecular formula is C24H25F3N4O2S. The summed E-state index contributed by atoms with van der Waals surface area (Å²) in [5.74, 6) is 0. The van der Waals surface area contributed by atoms with E-state index in [0.29, 0.717) is 17.0 Å². The number of nitrogens with zero attached hydrogens (tertiary/aromatic N) is 3. The van der Waals surface area contributed by atoms with Crippen LogP contribution in [0.1, 0.15) is 56.7 Å². The number of benzene rings is 1. The predicted octanol–water partition coefficient (Wildman–Crippen LogP) is 5.48. The summed E-state index contributed by atoms with van der Waals surface area (Å²) in [6.07, 6.45) is 1.25. The van der Waals surface area contributed by atoms with Gasteiger partial charge in [-0.25, -0.2) is 8.42 Å². The Morgan fingerprint density at radius 2 is 1.94 bits per heavy atom. The predicted molar refractivity (Wildman–Crippen MR) is 123 cm³/mol. The molecule has 0 saturated heterocycles. The van der Waals surface area contributed by atoms with E-state index in [1.807, 2.05) is 12.1 Å². The third kappa shape index (κ3) is 4.42. The first-order valence-electron chi connectivity index (χ1n) is 11.2. The average Bonchev–Trinajstić information content (AvgIpc) is 3.43. The molecule has 1 saturated carbocycles. The molecule has 3 aromatic rings. The zero-order valence-electron chi connectivity index (χ0n) is 18.9. The van der Waals surface area contributed by atoms with Gasteiger partial charge < -0.3 is 4.57 Å². The number of nitriles is 1. The summed E-state index contributed by atoms with van der Waals surface area (Å²) in [5, 5.41) is 10.8. The van der Waals surface area contributed by atoms with Gasteiger partial charge in [0.05, 0.1) is 22.5 Å². The Bertz CT molecular complexity index is 1350. The van der Waals surface area contributed by atoms with E-state index in [4.69, 9.17) is 0 Å². The fourth-order valence-electron chi connectivity index (χ4n) is 4.53. The average molecular weight is 491 g/mol. The lowest BCUT2D eigenvalue weighted by Gasteiger charge is -2.19. The Balaban J connectivity index is 1.82. The van der Waals surface area contributed by atoms with Crippen molar-refractivity contribution in [1.82, 2.24) is 14.3 Å². The van der Waals surface area contributed by atoms with Gasteiger partial charge in [-0.2, -0.15) is 23.2 Å². The summed E-state index contributed by atoms with van der Waals surface area (Å²) < 4.78 is 67.2. The van der Waals surface area contributed by atoms with Crippen LogP contribution in [0.15, 0.2) is 41.4 Å². The molecule has 0 aliphatic heterocycles. The van der Waals surface area contributed by atoms with E-state index in [-0.39, 0.29) is 10.9 Å². The zero-order chi connectivity index (χ0) is 24.7. The number of fused-ring (bicyclic) bond motifs is 1. The maximum atomic E-state index is 12.8. The summed E-state index contributed by atoms with van der Waals surface area (Å²) in [6.45, 7) is 2.80. The molecule has 0 amide bonds. The number of hydrogen-bond donors (Lipinski definition) is 1. The lowest BCUT2D eigenvalue weighted by molar-refractivity contribution is -0.147. The van der Waals surface area contributed by atoms with Gasteiger partial charge in [-0.05, 0) is 49.9 Å². The van der Waals surface area contributed by atoms with Gasteiger partial charge in [0.1, 0.15) is 17.0 Å². The first kappa shape index (κ1) is 24.2. The fraction of sp³-hybridized carbons (Fsp3) is 0.417. The van der Waals surface area contributed by atoms with Crippen LogP contribution in [-0.4, -0.2) is 30.2 Å². The van der Waals surface area contributed by atoms with Crippen LogP contribution in [0.2, 0.25) is 0 Å². The lowest BCUT2D eigenvalue weighted by Crippen LogP contribution is -2.42. The monoisotopic (exact) mass is 490 g/mol. The number of nitrogens with one attached hydrogen (secondary N) is 1. The number of aryl methyl sites for hydroxylation is 1. The standard InChI is InChI=1S/C24H25F3N4O2S/c1-3-16-8-10-19-20(13-28)23(31(22(19)12-16)17-6-4-5-7-17)21-11-9-18(14-29-21)34(32,33)30-15(2)24(25,26)27/h8-12,14-15,17,30H,3-7H2,1-2H3/t15-/m1/s1. The number of pyridine rings is 1. The first-order valence-corrected chi connectivity index (χ1v) is 12.7. The number of aromatic nitrogens is 2. The second-order valence-electron chi connectivity index (χ2n) is 8.61. The van der Waals surface area contributed by atoms with Crippen LogP contribution in [-0.2, 0) is 16.4 Å². The molecule has 1 atom stereocenters. The Kier molecular flexibility index (Phi) is 6.44. The molecule has 1 fully saturated rings. The van der Waals surface area contributed by atoms with Crippen molar-refractivity contribution in [2.45, 2.75) is 69.1 Å². The molecule has 2 aromatic heterocycles. The van der Waals surface area contributed by atoms with E-state index in [1.165, 1.54) is 12.1 Å². The zero-order valence-corrected chi connectivity index (χ0v) is 19.7. The molecule has 1 aliphatic rings. The summed E-state index contributed by atoms with van der Waals surface area (Å²) >= 11 is 0. The van der Waals surface area contributed by atoms with E-state index in [2.05, 4.69) is 28.6 Å². The minimum atomic E-state index is -4.71. The van der Waals surface area contributed by atoms with E-state index in [9.17, 15) is 26.9 Å². The molecule has 1 aliphatic carbocycles. The summed E-state index contributed by atoms with van der Waals surface area (Å²) in [4.78, 5) is 3.92. The van der Waals surface area contributed by atoms with Crippen molar-refractivity contribution in [2.24, 2.45) is 0 Å². The van der Waals surface area contributed by atoms with Crippen molar-refractivity contribution in [3.05, 3.63) is 47.7 Å². The summed E-state index contributed by atoms with van der Waals surface area (Å²) in [7, 11) is -4.42. The number of hydrogen-bond acceptors (Lipinski definition) is 4. The van der Waals surface area contributed by atoms with Crippen LogP contribution < -0.4 is 4.72 Å². The topological polar surface area (TPSA) is 87.8 Å². The normalized spacial score (nSPS) is 16.1. The van der Waals surface area contributed by atoms with Crippen LogP contribution >= 0.6 is 0 Å². The molecular weight excluding hydrogens is 465 g/mol. The first-order chi connectivity index (χ1) is 16.1. The van der Waals surface area contributed by atoms with Crippen LogP contribution in [0.5, 0.6) is 0 Å². The van der Waals surface area contributed by atoms with Crippen molar-refractivity contribution in [2.75, 3.05) is 0 Å². The van der Waals surface area contributed by atoms with E-state index >= 15 is 0 Å². The van der Waals surface area contributed by atoms with E-state index < -0.39 is 22.2 Å². The molecule has 180 valence electrons. The quantitative estimate of drug-likeness (QED) is 0.496. The number of alkyl halides is 3. The summed E-state index contributed by atoms with van der Waals surface area (Å²) in [6, 6.07) is 8.92. The third-order valence-corrected chi connectivity index (χ3v) is 7.92. The molecule has 6 nitrogen and oxygen atoms in total. The number of sulfonamides is 1. The van der Waals surface area contributed by atoms with E-state index in [0.717, 1.165) is 61.7 Å². The van der Waals surface area contributed by atoms with Gasteiger partial charge in [-0.3, -0.25) is 4.98 Å². The fourth-order valence-corrected chi connectivity index (χ4v) is 5.70. The lowest BCUT2D eigenvalue weighted by atomic mass is 10.1. The highest BCUT2D eigenvalue weighted by molar-refractivity contribution is 7.89. The second-order valence-corrected chi connectivity index (χ2v) is 10.3. The minimum absolute atomic E-state index is 0.186. The van der Waals surface area contributed by atoms with Gasteiger partial charge in [0.15, 0.2) is 0 Å². The molecule has 1 aromatic carbocycles. The Labute approximate surface area is 196 Å². The van der Waals surface area contributed by atoms with Crippen molar-refractivity contribution >= 4 is 20.9 Å². The molecule has 10 heteroatoms. The maximum absolute atomic E-state index is 12.8. The van der Waals surface area contributed by atoms with Crippen molar-refractivity contribution < 1.29 is 21.6 Å². The van der Waals surface area contributed by atoms with E-state index in [1.54, 1.807) is 4.72 Å². The molecule has 34 heavy (non-hydrogen) atoms. The van der Waals surface area contributed by atoms with Gasteiger partial charge in [0, 0.05) is 17.6 Å². The van der Waals surface area contributed by atoms with Crippen molar-refractivity contribution in [3.8, 4) is 17.5 Å². The SMILES string of the molecule is CCc1ccc2c(C#N)c(-c3ccc(S(=O)(=O)N[C@H](C)C(F)(F)F)cn3)n(C3CCCC3)c2c1. The second kappa shape index (κ2) is 9.04. The Morgan fingerprint density at radius 1 is 1.24 bits per heavy atom. The largest absolute Gasteiger partial charge is 0.404 e. The van der Waals surface area contributed by atoms with Gasteiger partial charge in [0.2, 0.25) is 10.0 Å². The number of rotatable bonds is 6. The molecule has 0 spiro atoms. The molecule has 4 rings (SSSR count). The molecule has 1 N–H and O–H groups in total. The van der Waals surface area contributed by atoms with Crippen molar-refractivity contribution in [3.63, 3.8) is 0 Å². The van der Waals surface area contributed by atoms with Gasteiger partial charge >= 0.3 is 6.18 Å². The molecule has 0 radical (unpaired) electrons. The van der Waals surface area contributed by atoms with Crippen LogP contribution in [0.3, 0.4) is 0 Å². The highest BCUT2D eigenvalue weighted by Gasteiger charge is 2.39. The third-order valence-electron chi connectivity index (χ3n) is 6.39. The van der Waals surface area contributed by atoms with Gasteiger partial charge in [0.25, 0.3) is 0 Å². The van der Waals surface area contributed by atoms with Gasteiger partial charge in [-0.15, -0.1) is 0 Å². The van der Waals surface area contributed by atoms with Gasteiger partial charge in [-0.1, -0.05) is 31.9 Å². The minimum Gasteiger partial charge on any atom is -0.335 e. The van der Waals surface area contributed by atoms with Crippen LogP contribution in [0, 0.1) is 11.3 Å². The maximum Gasteiger partial charge on any atom is 0.404 e. The highest BCUT2D eigenvalue weighted by atomic mass is 32.2. The molecule has 0 bridgehead atoms. The number of halogens is 3. The van der Waals surface area contributed by atoms with Crippen LogP contribution in [0.25, 0.3) is 22.3 Å². The molecule has 2 heterocycles. The van der Waals surface area contributed by atoms with Crippen molar-refractivity contribution in [1.29, 1.82) is 5.26 Å². The Hall–Kier alpha value is -2.90. The molecule has 0 unspecified atom stereocenters. The summed E-state index contributed by atoms with van der Waals surface area (Å²) in [5.41, 5.74) is 3.55. The highest BCUT2D eigenvalue weighted by Crippen LogP contribution is 2.41. The smallest absolute Gasteiger partial charge is 0.335 e. The Morgan fingerprint density at radius 3 is 2.50 bits per heavy atom.